The van der Waals surface area contributed by atoms with Crippen molar-refractivity contribution in [1.29, 1.82) is 0 Å². The summed E-state index contributed by atoms with van der Waals surface area (Å²) >= 11 is 0. The SMILES string of the molecule is C.c1ccc(C2(C(OC(c3ccccc3)(c3ccccc3)C3(c4ccccc4)CO3)(c3ccccc3)c3ccccc3)CO2)cc1. The van der Waals surface area contributed by atoms with Gasteiger partial charge in [0.2, 0.25) is 0 Å². The zero-order valence-electron chi connectivity index (χ0n) is 25.0. The van der Waals surface area contributed by atoms with Crippen LogP contribution in [0.4, 0.5) is 0 Å². The van der Waals surface area contributed by atoms with Crippen LogP contribution in [0.15, 0.2) is 182 Å². The van der Waals surface area contributed by atoms with Gasteiger partial charge in [-0.15, -0.1) is 0 Å². The van der Waals surface area contributed by atoms with E-state index in [1.807, 2.05) is 12.1 Å². The van der Waals surface area contributed by atoms with Gasteiger partial charge in [0.25, 0.3) is 0 Å². The van der Waals surface area contributed by atoms with Crippen LogP contribution in [0, 0.1) is 0 Å². The van der Waals surface area contributed by atoms with Crippen molar-refractivity contribution in [2.45, 2.75) is 29.8 Å². The second-order valence-corrected chi connectivity index (χ2v) is 11.9. The van der Waals surface area contributed by atoms with Crippen LogP contribution in [0.3, 0.4) is 0 Å². The van der Waals surface area contributed by atoms with Crippen molar-refractivity contribution in [2.24, 2.45) is 0 Å². The van der Waals surface area contributed by atoms with Crippen LogP contribution in [0.2, 0.25) is 0 Å². The van der Waals surface area contributed by atoms with E-state index >= 15 is 0 Å². The van der Waals surface area contributed by atoms with Crippen LogP contribution < -0.4 is 0 Å². The number of epoxide rings is 2. The van der Waals surface area contributed by atoms with Gasteiger partial charge in [-0.1, -0.05) is 189 Å². The summed E-state index contributed by atoms with van der Waals surface area (Å²) in [7, 11) is 0. The van der Waals surface area contributed by atoms with Gasteiger partial charge < -0.3 is 14.2 Å². The highest BCUT2D eigenvalue weighted by Gasteiger charge is 2.73. The summed E-state index contributed by atoms with van der Waals surface area (Å²) in [5.74, 6) is 0. The highest BCUT2D eigenvalue weighted by atomic mass is 16.7. The van der Waals surface area contributed by atoms with Crippen molar-refractivity contribution in [1.82, 2.24) is 0 Å². The van der Waals surface area contributed by atoms with Crippen LogP contribution in [-0.4, -0.2) is 13.2 Å². The van der Waals surface area contributed by atoms with Crippen molar-refractivity contribution < 1.29 is 14.2 Å². The molecule has 46 heavy (non-hydrogen) atoms. The molecule has 0 radical (unpaired) electrons. The average molecular weight is 603 g/mol. The molecule has 2 heterocycles. The van der Waals surface area contributed by atoms with Gasteiger partial charge in [0.15, 0.2) is 22.4 Å². The molecule has 2 saturated heterocycles. The van der Waals surface area contributed by atoms with Gasteiger partial charge in [0.05, 0.1) is 13.2 Å². The van der Waals surface area contributed by atoms with Gasteiger partial charge in [0.1, 0.15) is 0 Å². The van der Waals surface area contributed by atoms with Gasteiger partial charge in [-0.25, -0.2) is 0 Å². The van der Waals surface area contributed by atoms with Crippen molar-refractivity contribution in [3.8, 4) is 0 Å². The largest absolute Gasteiger partial charge is 0.361 e. The van der Waals surface area contributed by atoms with Gasteiger partial charge in [0, 0.05) is 0 Å². The summed E-state index contributed by atoms with van der Waals surface area (Å²) in [5.41, 5.74) is 2.39. The van der Waals surface area contributed by atoms with E-state index < -0.39 is 22.4 Å². The lowest BCUT2D eigenvalue weighted by Gasteiger charge is -2.50. The molecule has 0 aliphatic carbocycles. The number of hydrogen-bond acceptors (Lipinski definition) is 3. The maximum absolute atomic E-state index is 8.28. The van der Waals surface area contributed by atoms with E-state index in [1.165, 1.54) is 0 Å². The van der Waals surface area contributed by atoms with E-state index in [2.05, 4.69) is 170 Å². The standard InChI is InChI=1S/C42H34O3.CH4/c1-7-19-33(20-8-1)39(31-43-39)41(35-23-11-3-12-24-35,36-25-13-4-14-26-36)45-42(37-27-15-5-16-28-37,38-29-17-6-18-30-38)40(32-44-40)34-21-9-2-10-22-34;/h1-30H,31-32H2;1H4. The lowest BCUT2D eigenvalue weighted by molar-refractivity contribution is -0.193. The molecule has 0 amide bonds. The molecule has 6 aromatic rings. The molecule has 2 aliphatic heterocycles. The topological polar surface area (TPSA) is 34.3 Å². The third-order valence-electron chi connectivity index (χ3n) is 9.51. The molecule has 228 valence electrons. The molecule has 0 saturated carbocycles. The van der Waals surface area contributed by atoms with Crippen LogP contribution in [0.1, 0.15) is 40.8 Å². The first-order valence-corrected chi connectivity index (χ1v) is 15.6. The van der Waals surface area contributed by atoms with Gasteiger partial charge in [-0.3, -0.25) is 0 Å². The number of hydrogen-bond donors (Lipinski definition) is 0. The lowest BCUT2D eigenvalue weighted by atomic mass is 9.68. The maximum atomic E-state index is 8.28. The normalized spacial score (nSPS) is 20.3. The Hall–Kier alpha value is -4.80. The van der Waals surface area contributed by atoms with E-state index in [-0.39, 0.29) is 7.43 Å². The predicted octanol–water partition coefficient (Wildman–Crippen LogP) is 9.38. The quantitative estimate of drug-likeness (QED) is 0.147. The lowest BCUT2D eigenvalue weighted by Crippen LogP contribution is -2.55. The van der Waals surface area contributed by atoms with Crippen LogP contribution in [0.25, 0.3) is 0 Å². The van der Waals surface area contributed by atoms with Crippen molar-refractivity contribution in [3.63, 3.8) is 0 Å². The second-order valence-electron chi connectivity index (χ2n) is 11.9. The van der Waals surface area contributed by atoms with Crippen molar-refractivity contribution >= 4 is 0 Å². The third-order valence-corrected chi connectivity index (χ3v) is 9.51. The highest BCUT2D eigenvalue weighted by molar-refractivity contribution is 5.52. The minimum absolute atomic E-state index is 0. The minimum atomic E-state index is -1.09. The zero-order valence-corrected chi connectivity index (χ0v) is 25.0. The molecule has 0 N–H and O–H groups in total. The molecule has 2 unspecified atom stereocenters. The third kappa shape index (κ3) is 4.46. The predicted molar refractivity (Wildman–Crippen MR) is 183 cm³/mol. The van der Waals surface area contributed by atoms with Gasteiger partial charge >= 0.3 is 0 Å². The molecule has 2 atom stereocenters. The van der Waals surface area contributed by atoms with E-state index in [9.17, 15) is 0 Å². The average Bonchev–Trinajstić information content (AvgIpc) is 4.08. The molecular weight excluding hydrogens is 564 g/mol. The summed E-state index contributed by atoms with van der Waals surface area (Å²) in [6, 6.07) is 63.3. The van der Waals surface area contributed by atoms with Crippen LogP contribution in [0.5, 0.6) is 0 Å². The van der Waals surface area contributed by atoms with Crippen molar-refractivity contribution in [2.75, 3.05) is 13.2 Å². The molecule has 2 fully saturated rings. The van der Waals surface area contributed by atoms with E-state index in [1.54, 1.807) is 0 Å². The monoisotopic (exact) mass is 602 g/mol. The molecule has 0 aromatic heterocycles. The Morgan fingerprint density at radius 2 is 0.587 bits per heavy atom. The number of rotatable bonds is 10. The Kier molecular flexibility index (Phi) is 7.70. The minimum Gasteiger partial charge on any atom is -0.361 e. The van der Waals surface area contributed by atoms with Gasteiger partial charge in [-0.2, -0.15) is 0 Å². The molecule has 8 rings (SSSR count). The van der Waals surface area contributed by atoms with Crippen LogP contribution >= 0.6 is 0 Å². The molecule has 0 bridgehead atoms. The summed E-state index contributed by atoms with van der Waals surface area (Å²) < 4.78 is 21.8. The van der Waals surface area contributed by atoms with E-state index in [4.69, 9.17) is 14.2 Å². The van der Waals surface area contributed by atoms with Gasteiger partial charge in [-0.05, 0) is 33.4 Å². The summed E-state index contributed by atoms with van der Waals surface area (Å²) in [4.78, 5) is 0. The Bertz CT molecular complexity index is 1630. The highest BCUT2D eigenvalue weighted by Crippen LogP contribution is 2.66. The Morgan fingerprint density at radius 1 is 0.370 bits per heavy atom. The fourth-order valence-electron chi connectivity index (χ4n) is 7.29. The first-order valence-electron chi connectivity index (χ1n) is 15.6. The zero-order chi connectivity index (χ0) is 30.2. The number of ether oxygens (including phenoxy) is 3. The van der Waals surface area contributed by atoms with E-state index in [0.29, 0.717) is 13.2 Å². The van der Waals surface area contributed by atoms with E-state index in [0.717, 1.165) is 33.4 Å². The Balaban J connectivity index is 0.00000338. The molecule has 0 spiro atoms. The maximum Gasteiger partial charge on any atom is 0.155 e. The Labute approximate surface area is 272 Å². The van der Waals surface area contributed by atoms with Crippen molar-refractivity contribution in [3.05, 3.63) is 215 Å². The molecule has 3 nitrogen and oxygen atoms in total. The van der Waals surface area contributed by atoms with Crippen LogP contribution in [-0.2, 0) is 36.6 Å². The fourth-order valence-corrected chi connectivity index (χ4v) is 7.29. The Morgan fingerprint density at radius 3 is 0.804 bits per heavy atom. The summed E-state index contributed by atoms with van der Waals surface area (Å²) in [5, 5.41) is 0. The molecule has 2 aliphatic rings. The molecule has 3 heteroatoms. The molecule has 6 aromatic carbocycles. The fraction of sp³-hybridized carbons (Fsp3) is 0.163. The number of benzene rings is 6. The second kappa shape index (κ2) is 11.9. The first kappa shape index (κ1) is 29.9. The smallest absolute Gasteiger partial charge is 0.155 e. The first-order chi connectivity index (χ1) is 22.3. The summed E-state index contributed by atoms with van der Waals surface area (Å²) in [6.45, 7) is 0.999. The summed E-state index contributed by atoms with van der Waals surface area (Å²) in [6.07, 6.45) is 0. The molecular formula is C43H38O3.